The van der Waals surface area contributed by atoms with Gasteiger partial charge in [-0.05, 0) is 41.8 Å². The number of aromatic nitrogens is 1. The number of nitrogens with zero attached hydrogens (tertiary/aromatic N) is 2. The van der Waals surface area contributed by atoms with Gasteiger partial charge in [0.15, 0.2) is 0 Å². The first-order valence-electron chi connectivity index (χ1n) is 5.54. The van der Waals surface area contributed by atoms with E-state index in [4.69, 9.17) is 5.11 Å². The van der Waals surface area contributed by atoms with Crippen LogP contribution in [0.5, 0.6) is 0 Å². The lowest BCUT2D eigenvalue weighted by Gasteiger charge is -2.16. The number of aromatic carboxylic acids is 1. The zero-order valence-electron chi connectivity index (χ0n) is 10.0. The molecule has 1 N–H and O–H groups in total. The molecule has 0 unspecified atom stereocenters. The van der Waals surface area contributed by atoms with E-state index in [1.165, 1.54) is 16.9 Å². The number of carbonyl (C=O) groups is 1. The van der Waals surface area contributed by atoms with Gasteiger partial charge in [-0.1, -0.05) is 0 Å². The number of thiophene rings is 1. The van der Waals surface area contributed by atoms with Gasteiger partial charge in [-0.2, -0.15) is 0 Å². The van der Waals surface area contributed by atoms with Crippen LogP contribution in [-0.2, 0) is 13.1 Å². The maximum Gasteiger partial charge on any atom is 0.346 e. The third-order valence-corrected chi connectivity index (χ3v) is 3.53. The van der Waals surface area contributed by atoms with Crippen LogP contribution in [0.25, 0.3) is 0 Å². The second kappa shape index (κ2) is 5.75. The Morgan fingerprint density at radius 1 is 1.33 bits per heavy atom. The fraction of sp³-hybridized carbons (Fsp3) is 0.231. The first-order chi connectivity index (χ1) is 8.66. The number of rotatable bonds is 5. The van der Waals surface area contributed by atoms with Crippen molar-refractivity contribution < 1.29 is 9.90 Å². The highest BCUT2D eigenvalue weighted by Gasteiger charge is 2.13. The minimum atomic E-state index is -0.850. The predicted molar refractivity (Wildman–Crippen MR) is 70.7 cm³/mol. The highest BCUT2D eigenvalue weighted by atomic mass is 32.1. The summed E-state index contributed by atoms with van der Waals surface area (Å²) in [6.45, 7) is 1.41. The molecule has 0 fully saturated rings. The van der Waals surface area contributed by atoms with Crippen LogP contribution in [0.2, 0.25) is 0 Å². The third-order valence-electron chi connectivity index (χ3n) is 2.58. The Morgan fingerprint density at radius 2 is 2.06 bits per heavy atom. The first kappa shape index (κ1) is 12.7. The average Bonchev–Trinajstić information content (AvgIpc) is 2.78. The van der Waals surface area contributed by atoms with Gasteiger partial charge in [0.1, 0.15) is 4.88 Å². The molecule has 2 aromatic rings. The number of pyridine rings is 1. The summed E-state index contributed by atoms with van der Waals surface area (Å²) in [5.41, 5.74) is 2.03. The summed E-state index contributed by atoms with van der Waals surface area (Å²) in [6, 6.07) is 5.79. The molecule has 0 amide bonds. The van der Waals surface area contributed by atoms with Crippen LogP contribution in [0.4, 0.5) is 0 Å². The van der Waals surface area contributed by atoms with E-state index in [0.29, 0.717) is 11.4 Å². The molecule has 4 nitrogen and oxygen atoms in total. The van der Waals surface area contributed by atoms with Crippen LogP contribution < -0.4 is 0 Å². The largest absolute Gasteiger partial charge is 0.477 e. The van der Waals surface area contributed by atoms with Crippen LogP contribution in [0.15, 0.2) is 36.0 Å². The van der Waals surface area contributed by atoms with Gasteiger partial charge < -0.3 is 5.11 Å². The Labute approximate surface area is 110 Å². The Morgan fingerprint density at radius 3 is 2.72 bits per heavy atom. The van der Waals surface area contributed by atoms with Gasteiger partial charge >= 0.3 is 5.97 Å². The van der Waals surface area contributed by atoms with E-state index in [1.54, 1.807) is 12.4 Å². The van der Waals surface area contributed by atoms with Crippen LogP contribution in [-0.4, -0.2) is 28.0 Å². The molecular weight excluding hydrogens is 248 g/mol. The molecule has 0 aliphatic rings. The Balaban J connectivity index is 2.01. The lowest BCUT2D eigenvalue weighted by Crippen LogP contribution is -2.18. The van der Waals surface area contributed by atoms with Crippen molar-refractivity contribution in [3.8, 4) is 0 Å². The minimum absolute atomic E-state index is 0.427. The van der Waals surface area contributed by atoms with Gasteiger partial charge in [0.25, 0.3) is 0 Å². The number of hydrogen-bond donors (Lipinski definition) is 1. The van der Waals surface area contributed by atoms with Crippen LogP contribution in [0.3, 0.4) is 0 Å². The second-order valence-corrected chi connectivity index (χ2v) is 5.02. The van der Waals surface area contributed by atoms with Crippen LogP contribution >= 0.6 is 11.3 Å². The highest BCUT2D eigenvalue weighted by molar-refractivity contribution is 7.12. The van der Waals surface area contributed by atoms with E-state index in [1.807, 2.05) is 30.6 Å². The van der Waals surface area contributed by atoms with E-state index in [-0.39, 0.29) is 0 Å². The van der Waals surface area contributed by atoms with Crippen molar-refractivity contribution in [2.24, 2.45) is 0 Å². The molecule has 5 heteroatoms. The normalized spacial score (nSPS) is 10.8. The monoisotopic (exact) mass is 262 g/mol. The topological polar surface area (TPSA) is 53.4 Å². The lowest BCUT2D eigenvalue weighted by molar-refractivity contribution is 0.0700. The summed E-state index contributed by atoms with van der Waals surface area (Å²) < 4.78 is 0. The van der Waals surface area contributed by atoms with Crippen molar-refractivity contribution in [2.75, 3.05) is 7.05 Å². The van der Waals surface area contributed by atoms with Crippen molar-refractivity contribution in [3.05, 3.63) is 52.0 Å². The van der Waals surface area contributed by atoms with Crippen LogP contribution in [0.1, 0.15) is 20.8 Å². The SMILES string of the molecule is CN(Cc1ccncc1)Cc1ccsc1C(=O)O. The van der Waals surface area contributed by atoms with E-state index in [0.717, 1.165) is 12.1 Å². The van der Waals surface area contributed by atoms with Crippen molar-refractivity contribution in [3.63, 3.8) is 0 Å². The maximum atomic E-state index is 11.0. The molecule has 2 heterocycles. The summed E-state index contributed by atoms with van der Waals surface area (Å²) in [4.78, 5) is 17.5. The van der Waals surface area contributed by atoms with Gasteiger partial charge in [0, 0.05) is 25.5 Å². The number of carboxylic acid groups (broad SMARTS) is 1. The zero-order valence-corrected chi connectivity index (χ0v) is 10.9. The Kier molecular flexibility index (Phi) is 4.07. The maximum absolute atomic E-state index is 11.0. The third kappa shape index (κ3) is 3.15. The molecule has 0 radical (unpaired) electrons. The Hall–Kier alpha value is -1.72. The van der Waals surface area contributed by atoms with Crippen molar-refractivity contribution in [1.29, 1.82) is 0 Å². The van der Waals surface area contributed by atoms with Crippen LogP contribution in [0, 0.1) is 0 Å². The highest BCUT2D eigenvalue weighted by Crippen LogP contribution is 2.18. The fourth-order valence-corrected chi connectivity index (χ4v) is 2.55. The lowest BCUT2D eigenvalue weighted by atomic mass is 10.2. The number of hydrogen-bond acceptors (Lipinski definition) is 4. The zero-order chi connectivity index (χ0) is 13.0. The quantitative estimate of drug-likeness (QED) is 0.899. The summed E-state index contributed by atoms with van der Waals surface area (Å²) in [6.07, 6.45) is 3.52. The van der Waals surface area contributed by atoms with Crippen molar-refractivity contribution in [1.82, 2.24) is 9.88 Å². The Bertz CT molecular complexity index is 525. The molecule has 18 heavy (non-hydrogen) atoms. The standard InChI is InChI=1S/C13H14N2O2S/c1-15(8-10-2-5-14-6-3-10)9-11-4-7-18-12(11)13(16)17/h2-7H,8-9H2,1H3,(H,16,17). The first-order valence-corrected chi connectivity index (χ1v) is 6.42. The summed E-state index contributed by atoms with van der Waals surface area (Å²) in [7, 11) is 1.98. The van der Waals surface area contributed by atoms with Gasteiger partial charge in [0.2, 0.25) is 0 Å². The minimum Gasteiger partial charge on any atom is -0.477 e. The van der Waals surface area contributed by atoms with E-state index in [9.17, 15) is 4.79 Å². The molecule has 0 atom stereocenters. The molecule has 0 aromatic carbocycles. The molecule has 0 aliphatic carbocycles. The van der Waals surface area contributed by atoms with Gasteiger partial charge in [-0.25, -0.2) is 4.79 Å². The molecule has 0 spiro atoms. The number of carboxylic acids is 1. The average molecular weight is 262 g/mol. The van der Waals surface area contributed by atoms with Gasteiger partial charge in [0.05, 0.1) is 0 Å². The van der Waals surface area contributed by atoms with E-state index in [2.05, 4.69) is 9.88 Å². The molecule has 0 saturated carbocycles. The smallest absolute Gasteiger partial charge is 0.346 e. The summed E-state index contributed by atoms with van der Waals surface area (Å²) in [5, 5.41) is 10.9. The van der Waals surface area contributed by atoms with E-state index >= 15 is 0 Å². The molecule has 94 valence electrons. The second-order valence-electron chi connectivity index (χ2n) is 4.11. The molecule has 2 rings (SSSR count). The van der Waals surface area contributed by atoms with Crippen molar-refractivity contribution >= 4 is 17.3 Å². The predicted octanol–water partition coefficient (Wildman–Crippen LogP) is 2.47. The molecule has 2 aromatic heterocycles. The molecule has 0 saturated heterocycles. The van der Waals surface area contributed by atoms with Gasteiger partial charge in [-0.15, -0.1) is 11.3 Å². The summed E-state index contributed by atoms with van der Waals surface area (Å²) >= 11 is 1.27. The van der Waals surface area contributed by atoms with Crippen molar-refractivity contribution in [2.45, 2.75) is 13.1 Å². The summed E-state index contributed by atoms with van der Waals surface area (Å²) in [5.74, 6) is -0.850. The molecule has 0 aliphatic heterocycles. The fourth-order valence-electron chi connectivity index (χ4n) is 1.79. The van der Waals surface area contributed by atoms with E-state index < -0.39 is 5.97 Å². The molecule has 0 bridgehead atoms. The molecular formula is C13H14N2O2S. The van der Waals surface area contributed by atoms with Gasteiger partial charge in [-0.3, -0.25) is 9.88 Å².